The molecule has 0 unspecified atom stereocenters. The zero-order chi connectivity index (χ0) is 13.1. The molecule has 0 saturated carbocycles. The number of nitrogens with two attached hydrogens (primary N) is 2. The van der Waals surface area contributed by atoms with Gasteiger partial charge >= 0.3 is 0 Å². The summed E-state index contributed by atoms with van der Waals surface area (Å²) in [6.45, 7) is -0.530. The van der Waals surface area contributed by atoms with Gasteiger partial charge in [-0.15, -0.1) is 0 Å². The number of nitriles is 1. The molecule has 0 aliphatic heterocycles. The zero-order valence-corrected chi connectivity index (χ0v) is 9.49. The minimum absolute atomic E-state index is 0.0954. The number of carbonyl (C=O) groups is 1. The second-order valence-electron chi connectivity index (χ2n) is 3.16. The highest BCUT2D eigenvalue weighted by atomic mass is 32.2. The number of nitrogens with zero attached hydrogens (tertiary/aromatic N) is 1. The number of rotatable bonds is 4. The summed E-state index contributed by atoms with van der Waals surface area (Å²) in [6, 6.07) is 5.49. The molecular weight excluding hydrogens is 244 g/mol. The van der Waals surface area contributed by atoms with Crippen molar-refractivity contribution >= 4 is 21.6 Å². The fourth-order valence-electron chi connectivity index (χ4n) is 1.11. The monoisotopic (exact) mass is 254 g/mol. The van der Waals surface area contributed by atoms with Gasteiger partial charge in [-0.1, -0.05) is 0 Å². The van der Waals surface area contributed by atoms with Crippen LogP contribution in [-0.2, 0) is 14.8 Å². The second kappa shape index (κ2) is 4.82. The molecule has 0 spiro atoms. The molecule has 7 nitrogen and oxygen atoms in total. The molecule has 1 rings (SSSR count). The lowest BCUT2D eigenvalue weighted by Gasteiger charge is -2.07. The van der Waals surface area contributed by atoms with Crippen molar-refractivity contribution in [1.82, 2.24) is 4.72 Å². The van der Waals surface area contributed by atoms with Crippen LogP contribution in [-0.4, -0.2) is 20.9 Å². The van der Waals surface area contributed by atoms with Crippen molar-refractivity contribution in [3.8, 4) is 6.07 Å². The van der Waals surface area contributed by atoms with E-state index < -0.39 is 22.5 Å². The van der Waals surface area contributed by atoms with Gasteiger partial charge in [-0.05, 0) is 18.2 Å². The van der Waals surface area contributed by atoms with Crippen molar-refractivity contribution < 1.29 is 13.2 Å². The number of nitrogens with one attached hydrogen (secondary N) is 1. The molecule has 0 aliphatic rings. The van der Waals surface area contributed by atoms with Gasteiger partial charge in [0.2, 0.25) is 15.9 Å². The number of hydrogen-bond acceptors (Lipinski definition) is 5. The van der Waals surface area contributed by atoms with E-state index in [1.54, 1.807) is 6.07 Å². The Morgan fingerprint density at radius 3 is 2.65 bits per heavy atom. The van der Waals surface area contributed by atoms with E-state index >= 15 is 0 Å². The molecule has 1 amide bonds. The van der Waals surface area contributed by atoms with E-state index in [9.17, 15) is 13.2 Å². The summed E-state index contributed by atoms with van der Waals surface area (Å²) < 4.78 is 25.4. The first-order valence-electron chi connectivity index (χ1n) is 4.44. The van der Waals surface area contributed by atoms with Crippen molar-refractivity contribution in [2.75, 3.05) is 12.3 Å². The first-order valence-corrected chi connectivity index (χ1v) is 5.92. The second-order valence-corrected chi connectivity index (χ2v) is 4.89. The Hall–Kier alpha value is -2.11. The van der Waals surface area contributed by atoms with Gasteiger partial charge < -0.3 is 11.5 Å². The van der Waals surface area contributed by atoms with E-state index in [-0.39, 0.29) is 16.1 Å². The molecule has 0 aliphatic carbocycles. The minimum atomic E-state index is -3.94. The summed E-state index contributed by atoms with van der Waals surface area (Å²) in [7, 11) is -3.94. The topological polar surface area (TPSA) is 139 Å². The largest absolute Gasteiger partial charge is 0.399 e. The van der Waals surface area contributed by atoms with Crippen LogP contribution in [0.2, 0.25) is 0 Å². The predicted molar refractivity (Wildman–Crippen MR) is 60.0 cm³/mol. The molecule has 8 heteroatoms. The zero-order valence-electron chi connectivity index (χ0n) is 8.67. The third-order valence-electron chi connectivity index (χ3n) is 1.85. The highest BCUT2D eigenvalue weighted by Crippen LogP contribution is 2.17. The van der Waals surface area contributed by atoms with Crippen molar-refractivity contribution in [3.63, 3.8) is 0 Å². The SMILES string of the molecule is N#Cc1cc(N)ccc1S(=O)(=O)NCC(N)=O. The van der Waals surface area contributed by atoms with E-state index in [1.165, 1.54) is 18.2 Å². The van der Waals surface area contributed by atoms with E-state index in [0.29, 0.717) is 0 Å². The molecule has 0 fully saturated rings. The molecule has 1 aromatic carbocycles. The third-order valence-corrected chi connectivity index (χ3v) is 3.31. The van der Waals surface area contributed by atoms with Crippen LogP contribution in [0.15, 0.2) is 23.1 Å². The molecule has 0 bridgehead atoms. The lowest BCUT2D eigenvalue weighted by Crippen LogP contribution is -2.33. The molecule has 0 saturated heterocycles. The van der Waals surface area contributed by atoms with Gasteiger partial charge in [0.15, 0.2) is 0 Å². The molecule has 0 radical (unpaired) electrons. The van der Waals surface area contributed by atoms with Gasteiger partial charge in [0, 0.05) is 5.69 Å². The van der Waals surface area contributed by atoms with Crippen LogP contribution in [0, 0.1) is 11.3 Å². The Morgan fingerprint density at radius 2 is 2.12 bits per heavy atom. The van der Waals surface area contributed by atoms with Crippen LogP contribution in [0.5, 0.6) is 0 Å². The van der Waals surface area contributed by atoms with Crippen molar-refractivity contribution in [3.05, 3.63) is 23.8 Å². The van der Waals surface area contributed by atoms with Gasteiger partial charge in [-0.3, -0.25) is 4.79 Å². The maximum Gasteiger partial charge on any atom is 0.242 e. The van der Waals surface area contributed by atoms with Crippen molar-refractivity contribution in [2.24, 2.45) is 5.73 Å². The molecule has 5 N–H and O–H groups in total. The van der Waals surface area contributed by atoms with E-state index in [4.69, 9.17) is 16.7 Å². The Morgan fingerprint density at radius 1 is 1.47 bits per heavy atom. The Balaban J connectivity index is 3.16. The van der Waals surface area contributed by atoms with Crippen LogP contribution in [0.1, 0.15) is 5.56 Å². The van der Waals surface area contributed by atoms with Crippen LogP contribution in [0.3, 0.4) is 0 Å². The smallest absolute Gasteiger partial charge is 0.242 e. The molecule has 0 aromatic heterocycles. The number of nitrogen functional groups attached to an aromatic ring is 1. The maximum absolute atomic E-state index is 11.7. The molecule has 0 heterocycles. The van der Waals surface area contributed by atoms with Crippen LogP contribution in [0.25, 0.3) is 0 Å². The Bertz CT molecular complexity index is 589. The molecule has 90 valence electrons. The first kappa shape index (κ1) is 13.0. The standard InChI is InChI=1S/C9H10N4O3S/c10-4-6-3-7(11)1-2-8(6)17(15,16)13-5-9(12)14/h1-3,13H,5,11H2,(H2,12,14). The van der Waals surface area contributed by atoms with Gasteiger partial charge in [-0.25, -0.2) is 13.1 Å². The quantitative estimate of drug-likeness (QED) is 0.585. The number of hydrogen-bond donors (Lipinski definition) is 3. The predicted octanol–water partition coefficient (Wildman–Crippen LogP) is -1.10. The van der Waals surface area contributed by atoms with Gasteiger partial charge in [-0.2, -0.15) is 5.26 Å². The Labute approximate surface area is 98.1 Å². The van der Waals surface area contributed by atoms with Gasteiger partial charge in [0.05, 0.1) is 17.0 Å². The number of carbonyl (C=O) groups excluding carboxylic acids is 1. The van der Waals surface area contributed by atoms with Crippen LogP contribution < -0.4 is 16.2 Å². The highest BCUT2D eigenvalue weighted by Gasteiger charge is 2.18. The average molecular weight is 254 g/mol. The summed E-state index contributed by atoms with van der Waals surface area (Å²) in [5.41, 5.74) is 10.4. The van der Waals surface area contributed by atoms with Crippen molar-refractivity contribution in [2.45, 2.75) is 4.90 Å². The van der Waals surface area contributed by atoms with Gasteiger partial charge in [0.25, 0.3) is 0 Å². The summed E-state index contributed by atoms with van der Waals surface area (Å²) in [4.78, 5) is 10.3. The van der Waals surface area contributed by atoms with E-state index in [2.05, 4.69) is 0 Å². The summed E-state index contributed by atoms with van der Waals surface area (Å²) in [6.07, 6.45) is 0. The van der Waals surface area contributed by atoms with E-state index in [0.717, 1.165) is 0 Å². The van der Waals surface area contributed by atoms with Gasteiger partial charge in [0.1, 0.15) is 6.07 Å². The number of primary amides is 1. The lowest BCUT2D eigenvalue weighted by molar-refractivity contribution is -0.116. The highest BCUT2D eigenvalue weighted by molar-refractivity contribution is 7.89. The average Bonchev–Trinajstić information content (AvgIpc) is 2.26. The lowest BCUT2D eigenvalue weighted by atomic mass is 10.2. The Kier molecular flexibility index (Phi) is 3.67. The minimum Gasteiger partial charge on any atom is -0.399 e. The fraction of sp³-hybridized carbons (Fsp3) is 0.111. The number of anilines is 1. The summed E-state index contributed by atoms with van der Waals surface area (Å²) in [5.74, 6) is -0.817. The number of sulfonamides is 1. The molecular formula is C9H10N4O3S. The fourth-order valence-corrected chi connectivity index (χ4v) is 2.24. The summed E-state index contributed by atoms with van der Waals surface area (Å²) >= 11 is 0. The van der Waals surface area contributed by atoms with Crippen LogP contribution >= 0.6 is 0 Å². The number of amides is 1. The maximum atomic E-state index is 11.7. The molecule has 1 aromatic rings. The molecule has 0 atom stereocenters. The van der Waals surface area contributed by atoms with E-state index in [1.807, 2.05) is 4.72 Å². The normalized spacial score (nSPS) is 10.8. The van der Waals surface area contributed by atoms with Crippen molar-refractivity contribution in [1.29, 1.82) is 5.26 Å². The number of benzene rings is 1. The first-order chi connectivity index (χ1) is 7.86. The third kappa shape index (κ3) is 3.17. The summed E-state index contributed by atoms with van der Waals surface area (Å²) in [5, 5.41) is 8.79. The van der Waals surface area contributed by atoms with Crippen LogP contribution in [0.4, 0.5) is 5.69 Å². The molecule has 17 heavy (non-hydrogen) atoms.